The molecular weight excluding hydrogens is 291 g/mol. The maximum Gasteiger partial charge on any atom is 0.272 e. The molecule has 0 bridgehead atoms. The van der Waals surface area contributed by atoms with Gasteiger partial charge in [0, 0.05) is 11.9 Å². The van der Waals surface area contributed by atoms with Crippen molar-refractivity contribution < 1.29 is 4.79 Å². The third-order valence-corrected chi connectivity index (χ3v) is 3.73. The standard InChI is InChI=1S/C12H10Cl2N2OS/c1-16(7-8-5-6-11(14)18-8)12(17)9-3-2-4-10(13)15-9/h2-6H,7H2,1H3. The van der Waals surface area contributed by atoms with Gasteiger partial charge >= 0.3 is 0 Å². The number of aromatic nitrogens is 1. The molecule has 0 saturated carbocycles. The molecule has 94 valence electrons. The van der Waals surface area contributed by atoms with Crippen LogP contribution in [-0.2, 0) is 6.54 Å². The highest BCUT2D eigenvalue weighted by atomic mass is 35.5. The summed E-state index contributed by atoms with van der Waals surface area (Å²) in [6, 6.07) is 8.71. The third kappa shape index (κ3) is 3.22. The fraction of sp³-hybridized carbons (Fsp3) is 0.167. The molecule has 2 heterocycles. The van der Waals surface area contributed by atoms with Gasteiger partial charge in [-0.05, 0) is 24.3 Å². The van der Waals surface area contributed by atoms with Crippen LogP contribution >= 0.6 is 34.5 Å². The van der Waals surface area contributed by atoms with Gasteiger partial charge in [0.05, 0.1) is 10.9 Å². The average Bonchev–Trinajstić information content (AvgIpc) is 2.73. The molecule has 0 aromatic carbocycles. The van der Waals surface area contributed by atoms with E-state index in [0.29, 0.717) is 21.7 Å². The van der Waals surface area contributed by atoms with E-state index in [9.17, 15) is 4.79 Å². The number of halogens is 2. The van der Waals surface area contributed by atoms with Crippen molar-refractivity contribution in [2.75, 3.05) is 7.05 Å². The molecule has 2 aromatic rings. The molecule has 3 nitrogen and oxygen atoms in total. The zero-order valence-electron chi connectivity index (χ0n) is 9.56. The molecule has 0 aliphatic carbocycles. The van der Waals surface area contributed by atoms with Crippen LogP contribution in [0.1, 0.15) is 15.4 Å². The van der Waals surface area contributed by atoms with E-state index in [1.807, 2.05) is 12.1 Å². The Bertz CT molecular complexity index is 571. The van der Waals surface area contributed by atoms with Crippen LogP contribution < -0.4 is 0 Å². The van der Waals surface area contributed by atoms with Crippen molar-refractivity contribution in [2.45, 2.75) is 6.54 Å². The molecule has 18 heavy (non-hydrogen) atoms. The van der Waals surface area contributed by atoms with Gasteiger partial charge in [0.15, 0.2) is 0 Å². The Morgan fingerprint density at radius 1 is 1.33 bits per heavy atom. The molecule has 0 N–H and O–H groups in total. The monoisotopic (exact) mass is 300 g/mol. The Morgan fingerprint density at radius 2 is 2.11 bits per heavy atom. The van der Waals surface area contributed by atoms with Crippen molar-refractivity contribution in [3.63, 3.8) is 0 Å². The fourth-order valence-corrected chi connectivity index (χ4v) is 2.77. The molecule has 1 amide bonds. The summed E-state index contributed by atoms with van der Waals surface area (Å²) in [7, 11) is 1.72. The van der Waals surface area contributed by atoms with Crippen molar-refractivity contribution in [2.24, 2.45) is 0 Å². The van der Waals surface area contributed by atoms with Crippen molar-refractivity contribution in [1.82, 2.24) is 9.88 Å². The lowest BCUT2D eigenvalue weighted by Crippen LogP contribution is -2.26. The highest BCUT2D eigenvalue weighted by Crippen LogP contribution is 2.22. The molecule has 0 spiro atoms. The Labute approximate surface area is 119 Å². The molecule has 0 unspecified atom stereocenters. The van der Waals surface area contributed by atoms with Crippen molar-refractivity contribution in [1.29, 1.82) is 0 Å². The predicted octanol–water partition coefficient (Wildman–Crippen LogP) is 3.72. The number of rotatable bonds is 3. The normalized spacial score (nSPS) is 10.4. The van der Waals surface area contributed by atoms with E-state index in [-0.39, 0.29) is 5.91 Å². The minimum absolute atomic E-state index is 0.165. The Morgan fingerprint density at radius 3 is 2.72 bits per heavy atom. The molecule has 0 radical (unpaired) electrons. The summed E-state index contributed by atoms with van der Waals surface area (Å²) in [5.41, 5.74) is 0.340. The topological polar surface area (TPSA) is 33.2 Å². The molecule has 0 aliphatic heterocycles. The van der Waals surface area contributed by atoms with E-state index in [1.165, 1.54) is 11.3 Å². The van der Waals surface area contributed by atoms with E-state index >= 15 is 0 Å². The van der Waals surface area contributed by atoms with Crippen LogP contribution in [0.5, 0.6) is 0 Å². The van der Waals surface area contributed by atoms with Crippen LogP contribution in [0.2, 0.25) is 9.49 Å². The van der Waals surface area contributed by atoms with Gasteiger partial charge in [0.2, 0.25) is 0 Å². The van der Waals surface area contributed by atoms with Gasteiger partial charge in [-0.15, -0.1) is 11.3 Å². The van der Waals surface area contributed by atoms with Gasteiger partial charge in [-0.1, -0.05) is 29.3 Å². The highest BCUT2D eigenvalue weighted by molar-refractivity contribution is 7.16. The molecule has 2 aromatic heterocycles. The van der Waals surface area contributed by atoms with Gasteiger partial charge in [-0.2, -0.15) is 0 Å². The zero-order chi connectivity index (χ0) is 13.1. The number of hydrogen-bond acceptors (Lipinski definition) is 3. The Kier molecular flexibility index (Phi) is 4.22. The van der Waals surface area contributed by atoms with E-state index in [1.54, 1.807) is 30.1 Å². The lowest BCUT2D eigenvalue weighted by Gasteiger charge is -2.15. The molecule has 2 rings (SSSR count). The van der Waals surface area contributed by atoms with E-state index in [0.717, 1.165) is 4.88 Å². The van der Waals surface area contributed by atoms with E-state index in [4.69, 9.17) is 23.2 Å². The minimum Gasteiger partial charge on any atom is -0.335 e. The Hall–Kier alpha value is -1.10. The quantitative estimate of drug-likeness (QED) is 0.809. The summed E-state index contributed by atoms with van der Waals surface area (Å²) in [6.07, 6.45) is 0. The number of hydrogen-bond donors (Lipinski definition) is 0. The lowest BCUT2D eigenvalue weighted by atomic mass is 10.3. The smallest absolute Gasteiger partial charge is 0.272 e. The van der Waals surface area contributed by atoms with Crippen LogP contribution in [0.15, 0.2) is 30.3 Å². The van der Waals surface area contributed by atoms with Gasteiger partial charge in [-0.25, -0.2) is 4.98 Å². The van der Waals surface area contributed by atoms with Gasteiger partial charge in [0.25, 0.3) is 5.91 Å². The van der Waals surface area contributed by atoms with Crippen LogP contribution in [0.25, 0.3) is 0 Å². The minimum atomic E-state index is -0.165. The summed E-state index contributed by atoms with van der Waals surface area (Å²) < 4.78 is 0.715. The highest BCUT2D eigenvalue weighted by Gasteiger charge is 2.14. The molecule has 0 saturated heterocycles. The summed E-state index contributed by atoms with van der Waals surface area (Å²) >= 11 is 13.1. The summed E-state index contributed by atoms with van der Waals surface area (Å²) in [6.45, 7) is 0.504. The number of amides is 1. The maximum atomic E-state index is 12.1. The predicted molar refractivity (Wildman–Crippen MR) is 74.4 cm³/mol. The molecule has 6 heteroatoms. The maximum absolute atomic E-state index is 12.1. The Balaban J connectivity index is 2.09. The van der Waals surface area contributed by atoms with E-state index < -0.39 is 0 Å². The second-order valence-electron chi connectivity index (χ2n) is 3.71. The molecular formula is C12H10Cl2N2OS. The number of thiophene rings is 1. The molecule has 0 fully saturated rings. The van der Waals surface area contributed by atoms with Crippen LogP contribution in [0.3, 0.4) is 0 Å². The van der Waals surface area contributed by atoms with Crippen LogP contribution in [0.4, 0.5) is 0 Å². The average molecular weight is 301 g/mol. The second-order valence-corrected chi connectivity index (χ2v) is 5.90. The lowest BCUT2D eigenvalue weighted by molar-refractivity contribution is 0.0780. The largest absolute Gasteiger partial charge is 0.335 e. The SMILES string of the molecule is CN(Cc1ccc(Cl)s1)C(=O)c1cccc(Cl)n1. The first kappa shape index (κ1) is 13.3. The fourth-order valence-electron chi connectivity index (χ4n) is 1.47. The van der Waals surface area contributed by atoms with Crippen molar-refractivity contribution >= 4 is 40.4 Å². The van der Waals surface area contributed by atoms with Crippen LogP contribution in [0, 0.1) is 0 Å². The van der Waals surface area contributed by atoms with Crippen molar-refractivity contribution in [3.8, 4) is 0 Å². The summed E-state index contributed by atoms with van der Waals surface area (Å²) in [4.78, 5) is 18.7. The number of carbonyl (C=O) groups excluding carboxylic acids is 1. The van der Waals surface area contributed by atoms with Crippen LogP contribution in [-0.4, -0.2) is 22.8 Å². The van der Waals surface area contributed by atoms with Gasteiger partial charge in [-0.3, -0.25) is 4.79 Å². The third-order valence-electron chi connectivity index (χ3n) is 2.30. The summed E-state index contributed by atoms with van der Waals surface area (Å²) in [5.74, 6) is -0.165. The molecule has 0 aliphatic rings. The molecule has 0 atom stereocenters. The van der Waals surface area contributed by atoms with E-state index in [2.05, 4.69) is 4.98 Å². The number of nitrogens with zero attached hydrogens (tertiary/aromatic N) is 2. The summed E-state index contributed by atoms with van der Waals surface area (Å²) in [5, 5.41) is 0.313. The van der Waals surface area contributed by atoms with Crippen molar-refractivity contribution in [3.05, 3.63) is 50.4 Å². The zero-order valence-corrected chi connectivity index (χ0v) is 11.9. The van der Waals surface area contributed by atoms with Gasteiger partial charge < -0.3 is 4.90 Å². The first-order valence-electron chi connectivity index (χ1n) is 5.18. The first-order valence-corrected chi connectivity index (χ1v) is 6.76. The number of pyridine rings is 1. The van der Waals surface area contributed by atoms with Gasteiger partial charge in [0.1, 0.15) is 10.8 Å². The first-order chi connectivity index (χ1) is 8.56. The number of carbonyl (C=O) groups is 1. The second kappa shape index (κ2) is 5.69.